The largest absolute Gasteiger partial charge is 0.370 e. The first-order chi connectivity index (χ1) is 17.1. The van der Waals surface area contributed by atoms with Gasteiger partial charge in [0.25, 0.3) is 0 Å². The predicted molar refractivity (Wildman–Crippen MR) is 142 cm³/mol. The van der Waals surface area contributed by atoms with Gasteiger partial charge in [-0.1, -0.05) is 30.3 Å². The summed E-state index contributed by atoms with van der Waals surface area (Å²) in [6, 6.07) is 4.25. The molecule has 0 N–H and O–H groups in total. The Bertz CT molecular complexity index is 1420. The summed E-state index contributed by atoms with van der Waals surface area (Å²) < 4.78 is 8.19. The van der Waals surface area contributed by atoms with Gasteiger partial charge in [-0.05, 0) is 38.8 Å². The maximum atomic E-state index is 12.0. The molecule has 2 saturated heterocycles. The number of aryl methyl sites for hydroxylation is 2. The quantitative estimate of drug-likeness (QED) is 0.484. The number of likely N-dealkylation sites (tertiary alicyclic amines) is 1. The van der Waals surface area contributed by atoms with Crippen LogP contribution in [0.5, 0.6) is 0 Å². The van der Waals surface area contributed by atoms with Crippen molar-refractivity contribution in [1.29, 1.82) is 0 Å². The van der Waals surface area contributed by atoms with Crippen LogP contribution < -0.4 is 4.90 Å². The average molecular weight is 506 g/mol. The van der Waals surface area contributed by atoms with Crippen LogP contribution in [0.3, 0.4) is 0 Å². The molecule has 3 aliphatic heterocycles. The summed E-state index contributed by atoms with van der Waals surface area (Å²) in [4.78, 5) is 21.4. The van der Waals surface area contributed by atoms with Crippen molar-refractivity contribution >= 4 is 34.2 Å². The van der Waals surface area contributed by atoms with Gasteiger partial charge in [-0.25, -0.2) is 4.98 Å². The third kappa shape index (κ3) is 3.55. The Morgan fingerprint density at radius 2 is 2.00 bits per heavy atom. The summed E-state index contributed by atoms with van der Waals surface area (Å²) in [5.74, 6) is 0.848. The monoisotopic (exact) mass is 505 g/mol. The fourth-order valence-corrected chi connectivity index (χ4v) is 6.60. The number of fused-ring (bicyclic) bond motifs is 2. The Morgan fingerprint density at radius 1 is 1.22 bits per heavy atom. The molecule has 0 bridgehead atoms. The van der Waals surface area contributed by atoms with Gasteiger partial charge in [-0.3, -0.25) is 9.48 Å². The Morgan fingerprint density at radius 3 is 2.75 bits per heavy atom. The van der Waals surface area contributed by atoms with Crippen molar-refractivity contribution in [2.45, 2.75) is 45.8 Å². The van der Waals surface area contributed by atoms with Crippen molar-refractivity contribution in [1.82, 2.24) is 19.7 Å². The first kappa shape index (κ1) is 23.5. The number of hydrogen-bond donors (Lipinski definition) is 0. The van der Waals surface area contributed by atoms with E-state index in [1.54, 1.807) is 0 Å². The first-order valence-corrected chi connectivity index (χ1v) is 12.9. The molecule has 36 heavy (non-hydrogen) atoms. The lowest BCUT2D eigenvalue weighted by Crippen LogP contribution is -2.59. The number of aromatic nitrogens is 3. The highest BCUT2D eigenvalue weighted by Gasteiger charge is 2.49. The van der Waals surface area contributed by atoms with Crippen LogP contribution >= 0.6 is 11.6 Å². The van der Waals surface area contributed by atoms with Crippen molar-refractivity contribution in [3.8, 4) is 11.1 Å². The number of carbonyl (C=O) groups is 1. The van der Waals surface area contributed by atoms with Crippen molar-refractivity contribution in [2.24, 2.45) is 12.5 Å². The van der Waals surface area contributed by atoms with E-state index in [1.165, 1.54) is 6.08 Å². The number of rotatable bonds is 3. The topological polar surface area (TPSA) is 63.5 Å². The molecule has 0 saturated carbocycles. The highest BCUT2D eigenvalue weighted by Crippen LogP contribution is 2.48. The molecule has 188 valence electrons. The number of ether oxygens (including phenoxy) is 1. The molecule has 0 unspecified atom stereocenters. The van der Waals surface area contributed by atoms with Crippen LogP contribution in [0.25, 0.3) is 22.0 Å². The molecule has 2 aromatic heterocycles. The zero-order valence-electron chi connectivity index (χ0n) is 21.4. The van der Waals surface area contributed by atoms with E-state index >= 15 is 0 Å². The minimum atomic E-state index is -0.290. The van der Waals surface area contributed by atoms with Crippen LogP contribution in [0.2, 0.25) is 5.02 Å². The fourth-order valence-electron chi connectivity index (χ4n) is 6.23. The molecule has 3 aromatic rings. The van der Waals surface area contributed by atoms with Crippen LogP contribution in [0.1, 0.15) is 37.1 Å². The number of benzene rings is 1. The number of pyridine rings is 1. The SMILES string of the molecule is C=CC(=O)N1CC2(CCN(c3nc4c(c(-c5c(C)ccc6cnn(C)c56)c3Cl)COC(C)(C)C4)C2)C1. The number of nitrogens with zero attached hydrogens (tertiary/aromatic N) is 5. The van der Waals surface area contributed by atoms with E-state index in [2.05, 4.69) is 49.5 Å². The Labute approximate surface area is 216 Å². The van der Waals surface area contributed by atoms with Crippen molar-refractivity contribution in [3.63, 3.8) is 0 Å². The van der Waals surface area contributed by atoms with E-state index < -0.39 is 0 Å². The second-order valence-electron chi connectivity index (χ2n) is 11.3. The number of carbonyl (C=O) groups excluding carboxylic acids is 1. The first-order valence-electron chi connectivity index (χ1n) is 12.5. The molecule has 6 rings (SSSR count). The van der Waals surface area contributed by atoms with E-state index in [0.717, 1.165) is 83.7 Å². The minimum Gasteiger partial charge on any atom is -0.370 e. The number of hydrogen-bond acceptors (Lipinski definition) is 5. The average Bonchev–Trinajstić information content (AvgIpc) is 3.42. The molecule has 1 spiro atoms. The van der Waals surface area contributed by atoms with Gasteiger partial charge in [-0.2, -0.15) is 5.10 Å². The standard InChI is InChI=1S/C28H32ClN5O2/c1-6-21(35)34-15-28(16-34)9-10-33(14-28)26-24(29)23(19-13-36-27(3,4)11-20(19)31-26)22-17(2)7-8-18-12-30-32(5)25(18)22/h6-8,12H,1,9-11,13-16H2,2-5H3. The molecule has 0 radical (unpaired) electrons. The third-order valence-corrected chi connectivity index (χ3v) is 8.50. The van der Waals surface area contributed by atoms with E-state index in [0.29, 0.717) is 11.6 Å². The lowest BCUT2D eigenvalue weighted by atomic mass is 9.79. The van der Waals surface area contributed by atoms with Gasteiger partial charge >= 0.3 is 0 Å². The summed E-state index contributed by atoms with van der Waals surface area (Å²) in [7, 11) is 1.98. The number of anilines is 1. The van der Waals surface area contributed by atoms with Gasteiger partial charge in [0.05, 0.1) is 34.6 Å². The van der Waals surface area contributed by atoms with E-state index in [1.807, 2.05) is 22.8 Å². The molecule has 5 heterocycles. The highest BCUT2D eigenvalue weighted by atomic mass is 35.5. The van der Waals surface area contributed by atoms with Gasteiger partial charge < -0.3 is 14.5 Å². The van der Waals surface area contributed by atoms with Gasteiger partial charge in [0, 0.05) is 67.1 Å². The molecule has 1 aromatic carbocycles. The molecule has 8 heteroatoms. The molecule has 3 aliphatic rings. The molecular weight excluding hydrogens is 474 g/mol. The predicted octanol–water partition coefficient (Wildman–Crippen LogP) is 4.67. The van der Waals surface area contributed by atoms with Gasteiger partial charge in [0.2, 0.25) is 5.91 Å². The summed E-state index contributed by atoms with van der Waals surface area (Å²) in [6.07, 6.45) is 5.04. The van der Waals surface area contributed by atoms with Gasteiger partial charge in [-0.15, -0.1) is 0 Å². The fraction of sp³-hybridized carbons (Fsp3) is 0.464. The molecule has 1 amide bonds. The highest BCUT2D eigenvalue weighted by molar-refractivity contribution is 6.36. The second-order valence-corrected chi connectivity index (χ2v) is 11.7. The molecular formula is C28H32ClN5O2. The summed E-state index contributed by atoms with van der Waals surface area (Å²) in [5, 5.41) is 6.28. The smallest absolute Gasteiger partial charge is 0.245 e. The van der Waals surface area contributed by atoms with E-state index in [-0.39, 0.29) is 16.9 Å². The van der Waals surface area contributed by atoms with Crippen LogP contribution in [0.15, 0.2) is 31.0 Å². The zero-order chi connectivity index (χ0) is 25.4. The lowest BCUT2D eigenvalue weighted by molar-refractivity contribution is -0.136. The maximum absolute atomic E-state index is 12.0. The summed E-state index contributed by atoms with van der Waals surface area (Å²) in [6.45, 7) is 13.7. The van der Waals surface area contributed by atoms with Gasteiger partial charge in [0.1, 0.15) is 5.82 Å². The molecule has 0 aliphatic carbocycles. The molecule has 0 atom stereocenters. The molecule has 7 nitrogen and oxygen atoms in total. The zero-order valence-corrected chi connectivity index (χ0v) is 22.2. The molecule has 2 fully saturated rings. The number of amides is 1. The van der Waals surface area contributed by atoms with E-state index in [9.17, 15) is 4.79 Å². The van der Waals surface area contributed by atoms with Gasteiger partial charge in [0.15, 0.2) is 0 Å². The normalized spacial score (nSPS) is 20.0. The third-order valence-electron chi connectivity index (χ3n) is 8.14. The van der Waals surface area contributed by atoms with E-state index in [4.69, 9.17) is 21.3 Å². The van der Waals surface area contributed by atoms with Crippen molar-refractivity contribution in [3.05, 3.63) is 52.8 Å². The second kappa shape index (κ2) is 8.05. The van der Waals surface area contributed by atoms with Crippen LogP contribution in [-0.2, 0) is 29.6 Å². The lowest BCUT2D eigenvalue weighted by Gasteiger charge is -2.47. The number of halogens is 1. The van der Waals surface area contributed by atoms with Crippen LogP contribution in [0, 0.1) is 12.3 Å². The Hall–Kier alpha value is -2.90. The maximum Gasteiger partial charge on any atom is 0.245 e. The van der Waals surface area contributed by atoms with Crippen molar-refractivity contribution < 1.29 is 9.53 Å². The minimum absolute atomic E-state index is 0.00766. The summed E-state index contributed by atoms with van der Waals surface area (Å²) in [5.41, 5.74) is 6.25. The summed E-state index contributed by atoms with van der Waals surface area (Å²) >= 11 is 7.31. The van der Waals surface area contributed by atoms with Crippen molar-refractivity contribution in [2.75, 3.05) is 31.1 Å². The van der Waals surface area contributed by atoms with Crippen LogP contribution in [-0.4, -0.2) is 57.4 Å². The Kier molecular flexibility index (Phi) is 5.25. The van der Waals surface area contributed by atoms with Crippen LogP contribution in [0.4, 0.5) is 5.82 Å². The Balaban J connectivity index is 1.48.